The fraction of sp³-hybridized carbons (Fsp3) is 0.941. The van der Waals surface area contributed by atoms with E-state index < -0.39 is 0 Å². The fourth-order valence-corrected chi connectivity index (χ4v) is 3.64. The van der Waals surface area contributed by atoms with Crippen molar-refractivity contribution in [3.05, 3.63) is 0 Å². The predicted octanol–water partition coefficient (Wildman–Crippen LogP) is 3.00. The van der Waals surface area contributed by atoms with Crippen LogP contribution >= 0.6 is 0 Å². The van der Waals surface area contributed by atoms with Gasteiger partial charge in [-0.25, -0.2) is 0 Å². The van der Waals surface area contributed by atoms with Crippen LogP contribution in [0, 0.1) is 17.8 Å². The Hall–Kier alpha value is -0.570. The van der Waals surface area contributed by atoms with E-state index in [4.69, 9.17) is 0 Å². The summed E-state index contributed by atoms with van der Waals surface area (Å²) in [5.74, 6) is 2.27. The molecule has 2 fully saturated rings. The Labute approximate surface area is 124 Å². The molecule has 1 amide bonds. The summed E-state index contributed by atoms with van der Waals surface area (Å²) in [7, 11) is 0. The maximum absolute atomic E-state index is 12.0. The SMILES string of the molecule is CCC1CCN(CC2CCN(C(=O)C(C)C)CC2)CC1. The number of rotatable bonds is 4. The second kappa shape index (κ2) is 7.44. The number of hydrogen-bond donors (Lipinski definition) is 0. The molecule has 0 aromatic heterocycles. The summed E-state index contributed by atoms with van der Waals surface area (Å²) in [5, 5.41) is 0. The van der Waals surface area contributed by atoms with Crippen molar-refractivity contribution in [2.75, 3.05) is 32.7 Å². The van der Waals surface area contributed by atoms with E-state index in [1.165, 1.54) is 51.7 Å². The fourth-order valence-electron chi connectivity index (χ4n) is 3.64. The first-order valence-corrected chi connectivity index (χ1v) is 8.61. The molecule has 0 atom stereocenters. The molecular weight excluding hydrogens is 248 g/mol. The smallest absolute Gasteiger partial charge is 0.225 e. The molecule has 116 valence electrons. The Morgan fingerprint density at radius 3 is 2.05 bits per heavy atom. The predicted molar refractivity (Wildman–Crippen MR) is 83.6 cm³/mol. The molecule has 3 nitrogen and oxygen atoms in total. The molecule has 0 saturated carbocycles. The lowest BCUT2D eigenvalue weighted by atomic mass is 9.91. The average Bonchev–Trinajstić information content (AvgIpc) is 2.48. The number of piperidine rings is 2. The Bertz CT molecular complexity index is 300. The molecule has 0 aliphatic carbocycles. The van der Waals surface area contributed by atoms with Crippen LogP contribution < -0.4 is 0 Å². The number of likely N-dealkylation sites (tertiary alicyclic amines) is 2. The minimum Gasteiger partial charge on any atom is -0.342 e. The van der Waals surface area contributed by atoms with Crippen molar-refractivity contribution >= 4 is 5.91 Å². The number of carbonyl (C=O) groups is 1. The maximum atomic E-state index is 12.0. The molecule has 2 saturated heterocycles. The van der Waals surface area contributed by atoms with Crippen molar-refractivity contribution in [1.29, 1.82) is 0 Å². The second-order valence-electron chi connectivity index (χ2n) is 7.08. The normalized spacial score (nSPS) is 23.5. The Balaban J connectivity index is 1.68. The van der Waals surface area contributed by atoms with Crippen molar-refractivity contribution in [3.8, 4) is 0 Å². The zero-order valence-electron chi connectivity index (χ0n) is 13.6. The highest BCUT2D eigenvalue weighted by Crippen LogP contribution is 2.24. The number of amides is 1. The molecule has 0 radical (unpaired) electrons. The van der Waals surface area contributed by atoms with Gasteiger partial charge >= 0.3 is 0 Å². The average molecular weight is 280 g/mol. The van der Waals surface area contributed by atoms with Crippen LogP contribution in [0.1, 0.15) is 52.9 Å². The molecule has 2 heterocycles. The van der Waals surface area contributed by atoms with Crippen LogP contribution in [0.25, 0.3) is 0 Å². The largest absolute Gasteiger partial charge is 0.342 e. The van der Waals surface area contributed by atoms with Crippen LogP contribution in [0.4, 0.5) is 0 Å². The first-order valence-electron chi connectivity index (χ1n) is 8.61. The van der Waals surface area contributed by atoms with Gasteiger partial charge in [0.1, 0.15) is 0 Å². The van der Waals surface area contributed by atoms with Gasteiger partial charge in [0.15, 0.2) is 0 Å². The molecule has 20 heavy (non-hydrogen) atoms. The van der Waals surface area contributed by atoms with Gasteiger partial charge < -0.3 is 9.80 Å². The first-order chi connectivity index (χ1) is 9.60. The van der Waals surface area contributed by atoms with Crippen molar-refractivity contribution in [2.45, 2.75) is 52.9 Å². The van der Waals surface area contributed by atoms with Gasteiger partial charge in [-0.2, -0.15) is 0 Å². The van der Waals surface area contributed by atoms with Crippen molar-refractivity contribution in [1.82, 2.24) is 9.80 Å². The van der Waals surface area contributed by atoms with Gasteiger partial charge in [0.25, 0.3) is 0 Å². The van der Waals surface area contributed by atoms with Gasteiger partial charge in [-0.3, -0.25) is 4.79 Å². The quantitative estimate of drug-likeness (QED) is 0.790. The standard InChI is InChI=1S/C17H32N2O/c1-4-15-5-9-18(10-6-15)13-16-7-11-19(12-8-16)17(20)14(2)3/h14-16H,4-13H2,1-3H3. The van der Waals surface area contributed by atoms with E-state index in [1.54, 1.807) is 0 Å². The monoisotopic (exact) mass is 280 g/mol. The van der Waals surface area contributed by atoms with Gasteiger partial charge in [0.05, 0.1) is 0 Å². The maximum Gasteiger partial charge on any atom is 0.225 e. The van der Waals surface area contributed by atoms with Crippen molar-refractivity contribution < 1.29 is 4.79 Å². The van der Waals surface area contributed by atoms with Crippen LogP contribution in [-0.4, -0.2) is 48.4 Å². The van der Waals surface area contributed by atoms with Crippen molar-refractivity contribution in [3.63, 3.8) is 0 Å². The third-order valence-corrected chi connectivity index (χ3v) is 5.22. The number of carbonyl (C=O) groups excluding carboxylic acids is 1. The van der Waals surface area contributed by atoms with E-state index in [9.17, 15) is 4.79 Å². The van der Waals surface area contributed by atoms with E-state index in [0.29, 0.717) is 5.91 Å². The minimum absolute atomic E-state index is 0.152. The molecule has 0 aromatic carbocycles. The Morgan fingerprint density at radius 1 is 1.00 bits per heavy atom. The molecule has 2 aliphatic rings. The molecular formula is C17H32N2O. The third kappa shape index (κ3) is 4.21. The number of hydrogen-bond acceptors (Lipinski definition) is 2. The third-order valence-electron chi connectivity index (χ3n) is 5.22. The summed E-state index contributed by atoms with van der Waals surface area (Å²) in [5.41, 5.74) is 0. The highest BCUT2D eigenvalue weighted by Gasteiger charge is 2.26. The topological polar surface area (TPSA) is 23.6 Å². The molecule has 3 heteroatoms. The van der Waals surface area contributed by atoms with Crippen LogP contribution in [-0.2, 0) is 4.79 Å². The van der Waals surface area contributed by atoms with Gasteiger partial charge in [0.2, 0.25) is 5.91 Å². The highest BCUT2D eigenvalue weighted by molar-refractivity contribution is 5.78. The van der Waals surface area contributed by atoms with E-state index in [2.05, 4.69) is 16.7 Å². The summed E-state index contributed by atoms with van der Waals surface area (Å²) < 4.78 is 0. The second-order valence-corrected chi connectivity index (χ2v) is 7.08. The minimum atomic E-state index is 0.152. The Morgan fingerprint density at radius 2 is 1.55 bits per heavy atom. The van der Waals surface area contributed by atoms with Crippen LogP contribution in [0.15, 0.2) is 0 Å². The van der Waals surface area contributed by atoms with E-state index in [-0.39, 0.29) is 5.92 Å². The lowest BCUT2D eigenvalue weighted by Crippen LogP contribution is -2.44. The molecule has 0 bridgehead atoms. The molecule has 0 aromatic rings. The van der Waals surface area contributed by atoms with Crippen LogP contribution in [0.3, 0.4) is 0 Å². The molecule has 0 unspecified atom stereocenters. The van der Waals surface area contributed by atoms with Gasteiger partial charge in [0, 0.05) is 25.6 Å². The lowest BCUT2D eigenvalue weighted by Gasteiger charge is -2.38. The summed E-state index contributed by atoms with van der Waals surface area (Å²) in [6, 6.07) is 0. The molecule has 2 aliphatic heterocycles. The van der Waals surface area contributed by atoms with E-state index >= 15 is 0 Å². The van der Waals surface area contributed by atoms with Gasteiger partial charge in [-0.15, -0.1) is 0 Å². The lowest BCUT2D eigenvalue weighted by molar-refractivity contribution is -0.135. The number of nitrogens with zero attached hydrogens (tertiary/aromatic N) is 2. The highest BCUT2D eigenvalue weighted by atomic mass is 16.2. The summed E-state index contributed by atoms with van der Waals surface area (Å²) in [6.45, 7) is 12.1. The molecule has 0 N–H and O–H groups in total. The first kappa shape index (κ1) is 15.8. The summed E-state index contributed by atoms with van der Waals surface area (Å²) in [6.07, 6.45) is 6.53. The van der Waals surface area contributed by atoms with Gasteiger partial charge in [-0.05, 0) is 50.6 Å². The Kier molecular flexibility index (Phi) is 5.88. The molecule has 2 rings (SSSR count). The van der Waals surface area contributed by atoms with Gasteiger partial charge in [-0.1, -0.05) is 27.2 Å². The zero-order chi connectivity index (χ0) is 14.5. The zero-order valence-corrected chi connectivity index (χ0v) is 13.6. The van der Waals surface area contributed by atoms with Crippen LogP contribution in [0.2, 0.25) is 0 Å². The summed E-state index contributed by atoms with van der Waals surface area (Å²) >= 11 is 0. The van der Waals surface area contributed by atoms with Crippen molar-refractivity contribution in [2.24, 2.45) is 17.8 Å². The van der Waals surface area contributed by atoms with E-state index in [0.717, 1.165) is 24.9 Å². The molecule has 0 spiro atoms. The van der Waals surface area contributed by atoms with Crippen LogP contribution in [0.5, 0.6) is 0 Å². The summed E-state index contributed by atoms with van der Waals surface area (Å²) in [4.78, 5) is 16.7. The van der Waals surface area contributed by atoms with E-state index in [1.807, 2.05) is 13.8 Å².